The van der Waals surface area contributed by atoms with Crippen LogP contribution in [0.4, 0.5) is 5.82 Å². The summed E-state index contributed by atoms with van der Waals surface area (Å²) in [4.78, 5) is 7.98. The molecule has 0 atom stereocenters. The lowest BCUT2D eigenvalue weighted by Gasteiger charge is -2.07. The van der Waals surface area contributed by atoms with E-state index in [1.807, 2.05) is 6.07 Å². The van der Waals surface area contributed by atoms with E-state index in [0.29, 0.717) is 22.5 Å². The third kappa shape index (κ3) is 3.06. The Balaban J connectivity index is 2.27. The van der Waals surface area contributed by atoms with Crippen LogP contribution in [0.25, 0.3) is 0 Å². The van der Waals surface area contributed by atoms with Gasteiger partial charge in [0.15, 0.2) is 5.82 Å². The molecule has 0 aliphatic rings. The lowest BCUT2D eigenvalue weighted by atomic mass is 10.3. The van der Waals surface area contributed by atoms with Gasteiger partial charge < -0.3 is 10.2 Å². The van der Waals surface area contributed by atoms with Crippen molar-refractivity contribution in [3.05, 3.63) is 40.1 Å². The Morgan fingerprint density at radius 2 is 2.18 bits per heavy atom. The molecule has 0 unspecified atom stereocenters. The average molecular weight is 316 g/mol. The average Bonchev–Trinajstić information content (AvgIpc) is 2.34. The second-order valence-corrected chi connectivity index (χ2v) is 4.39. The Morgan fingerprint density at radius 3 is 2.94 bits per heavy atom. The summed E-state index contributed by atoms with van der Waals surface area (Å²) in [6.07, 6.45) is 2.95. The number of ether oxygens (including phenoxy) is 1. The molecule has 1 aromatic heterocycles. The first-order valence-corrected chi connectivity index (χ1v) is 5.77. The van der Waals surface area contributed by atoms with Crippen molar-refractivity contribution in [3.8, 4) is 11.6 Å². The predicted molar refractivity (Wildman–Crippen MR) is 69.1 cm³/mol. The molecule has 1 heterocycles. The van der Waals surface area contributed by atoms with Gasteiger partial charge in [-0.05, 0) is 18.2 Å². The summed E-state index contributed by atoms with van der Waals surface area (Å²) in [6, 6.07) is 5.28. The third-order valence-corrected chi connectivity index (χ3v) is 2.67. The topological polar surface area (TPSA) is 73.1 Å². The van der Waals surface area contributed by atoms with Gasteiger partial charge >= 0.3 is 0 Å². The molecule has 0 fully saturated rings. The molecular weight excluding hydrogens is 307 g/mol. The molecule has 88 valence electrons. The van der Waals surface area contributed by atoms with Crippen LogP contribution in [0.1, 0.15) is 0 Å². The molecule has 17 heavy (non-hydrogen) atoms. The molecule has 0 saturated carbocycles. The lowest BCUT2D eigenvalue weighted by Crippen LogP contribution is -2.09. The van der Waals surface area contributed by atoms with Crippen LogP contribution in [0.2, 0.25) is 5.02 Å². The van der Waals surface area contributed by atoms with Crippen molar-refractivity contribution in [3.63, 3.8) is 0 Å². The molecule has 5 nitrogen and oxygen atoms in total. The second kappa shape index (κ2) is 5.31. The molecule has 0 spiro atoms. The zero-order valence-electron chi connectivity index (χ0n) is 8.52. The molecule has 0 aliphatic heterocycles. The Morgan fingerprint density at radius 1 is 1.35 bits per heavy atom. The van der Waals surface area contributed by atoms with Gasteiger partial charge in [-0.2, -0.15) is 4.98 Å². The normalized spacial score (nSPS) is 10.1. The molecular formula is C10H8BrClN4O. The fraction of sp³-hybridized carbons (Fsp3) is 0. The number of anilines is 1. The van der Waals surface area contributed by atoms with Crippen LogP contribution < -0.4 is 16.0 Å². The van der Waals surface area contributed by atoms with Gasteiger partial charge in [0.1, 0.15) is 5.75 Å². The Hall–Kier alpha value is -1.37. The highest BCUT2D eigenvalue weighted by Crippen LogP contribution is 2.31. The van der Waals surface area contributed by atoms with E-state index >= 15 is 0 Å². The molecule has 0 amide bonds. The quantitative estimate of drug-likeness (QED) is 0.673. The summed E-state index contributed by atoms with van der Waals surface area (Å²) >= 11 is 9.32. The van der Waals surface area contributed by atoms with Crippen LogP contribution in [-0.2, 0) is 0 Å². The third-order valence-electron chi connectivity index (χ3n) is 1.87. The first-order chi connectivity index (χ1) is 8.19. The smallest absolute Gasteiger partial charge is 0.239 e. The second-order valence-electron chi connectivity index (χ2n) is 3.06. The monoisotopic (exact) mass is 314 g/mol. The highest BCUT2D eigenvalue weighted by atomic mass is 79.9. The highest BCUT2D eigenvalue weighted by Gasteiger charge is 2.05. The van der Waals surface area contributed by atoms with Crippen molar-refractivity contribution in [1.82, 2.24) is 9.97 Å². The number of benzene rings is 1. The number of nitrogen functional groups attached to an aromatic ring is 1. The van der Waals surface area contributed by atoms with Crippen LogP contribution in [0, 0.1) is 0 Å². The SMILES string of the molecule is NNc1cncc(Oc2cc(Br)ccc2Cl)n1. The van der Waals surface area contributed by atoms with E-state index in [1.54, 1.807) is 12.1 Å². The summed E-state index contributed by atoms with van der Waals surface area (Å²) in [5.41, 5.74) is 2.38. The van der Waals surface area contributed by atoms with Crippen molar-refractivity contribution < 1.29 is 4.74 Å². The zero-order chi connectivity index (χ0) is 12.3. The van der Waals surface area contributed by atoms with E-state index in [2.05, 4.69) is 31.3 Å². The number of hydrogen-bond acceptors (Lipinski definition) is 5. The number of hydrazine groups is 1. The Bertz CT molecular complexity index is 537. The van der Waals surface area contributed by atoms with E-state index in [9.17, 15) is 0 Å². The fourth-order valence-electron chi connectivity index (χ4n) is 1.13. The van der Waals surface area contributed by atoms with Crippen molar-refractivity contribution in [2.45, 2.75) is 0 Å². The van der Waals surface area contributed by atoms with Gasteiger partial charge in [-0.1, -0.05) is 27.5 Å². The Labute approximate surface area is 111 Å². The molecule has 1 aromatic carbocycles. The molecule has 3 N–H and O–H groups in total. The van der Waals surface area contributed by atoms with Crippen molar-refractivity contribution in [2.75, 3.05) is 5.43 Å². The molecule has 0 bridgehead atoms. The molecule has 0 radical (unpaired) electrons. The van der Waals surface area contributed by atoms with Gasteiger partial charge in [-0.3, -0.25) is 4.98 Å². The van der Waals surface area contributed by atoms with E-state index in [0.717, 1.165) is 4.47 Å². The molecule has 2 rings (SSSR count). The fourth-order valence-corrected chi connectivity index (χ4v) is 1.63. The number of nitrogens with two attached hydrogens (primary N) is 1. The van der Waals surface area contributed by atoms with Crippen molar-refractivity contribution in [2.24, 2.45) is 5.84 Å². The van der Waals surface area contributed by atoms with Gasteiger partial charge in [0.2, 0.25) is 5.88 Å². The minimum absolute atomic E-state index is 0.306. The number of hydrogen-bond donors (Lipinski definition) is 2. The maximum atomic E-state index is 5.99. The summed E-state index contributed by atoms with van der Waals surface area (Å²) in [5.74, 6) is 6.43. The summed E-state index contributed by atoms with van der Waals surface area (Å²) in [5, 5.41) is 0.487. The molecule has 2 aromatic rings. The first kappa shape index (κ1) is 12.1. The number of nitrogens with zero attached hydrogens (tertiary/aromatic N) is 2. The minimum Gasteiger partial charge on any atom is -0.436 e. The van der Waals surface area contributed by atoms with E-state index in [1.165, 1.54) is 12.4 Å². The maximum absolute atomic E-state index is 5.99. The van der Waals surface area contributed by atoms with Crippen molar-refractivity contribution >= 4 is 33.3 Å². The number of nitrogens with one attached hydrogen (secondary N) is 1. The van der Waals surface area contributed by atoms with E-state index in [4.69, 9.17) is 22.2 Å². The summed E-state index contributed by atoms with van der Waals surface area (Å²) < 4.78 is 6.36. The standard InChI is InChI=1S/C10H8BrClN4O/c11-6-1-2-7(12)8(3-6)17-10-5-14-4-9(15-10)16-13/h1-5H,13H2,(H,15,16). The van der Waals surface area contributed by atoms with E-state index < -0.39 is 0 Å². The van der Waals surface area contributed by atoms with Crippen LogP contribution in [0.5, 0.6) is 11.6 Å². The first-order valence-electron chi connectivity index (χ1n) is 4.60. The lowest BCUT2D eigenvalue weighted by molar-refractivity contribution is 0.461. The van der Waals surface area contributed by atoms with Crippen LogP contribution in [0.15, 0.2) is 35.1 Å². The number of rotatable bonds is 3. The van der Waals surface area contributed by atoms with Gasteiger partial charge in [0.25, 0.3) is 0 Å². The zero-order valence-corrected chi connectivity index (χ0v) is 10.9. The van der Waals surface area contributed by atoms with Gasteiger partial charge in [0, 0.05) is 4.47 Å². The maximum Gasteiger partial charge on any atom is 0.239 e. The molecule has 7 heteroatoms. The van der Waals surface area contributed by atoms with Gasteiger partial charge in [-0.25, -0.2) is 5.84 Å². The van der Waals surface area contributed by atoms with Crippen LogP contribution in [-0.4, -0.2) is 9.97 Å². The number of halogens is 2. The molecule has 0 saturated heterocycles. The summed E-state index contributed by atoms with van der Waals surface area (Å²) in [6.45, 7) is 0. The van der Waals surface area contributed by atoms with E-state index in [-0.39, 0.29) is 0 Å². The van der Waals surface area contributed by atoms with Gasteiger partial charge in [0.05, 0.1) is 17.4 Å². The molecule has 0 aliphatic carbocycles. The highest BCUT2D eigenvalue weighted by molar-refractivity contribution is 9.10. The van der Waals surface area contributed by atoms with Crippen LogP contribution in [0.3, 0.4) is 0 Å². The predicted octanol–water partition coefficient (Wildman–Crippen LogP) is 2.97. The van der Waals surface area contributed by atoms with Gasteiger partial charge in [-0.15, -0.1) is 0 Å². The Kier molecular flexibility index (Phi) is 3.78. The number of aromatic nitrogens is 2. The van der Waals surface area contributed by atoms with Crippen LogP contribution >= 0.6 is 27.5 Å². The minimum atomic E-state index is 0.306. The summed E-state index contributed by atoms with van der Waals surface area (Å²) in [7, 11) is 0. The van der Waals surface area contributed by atoms with Crippen molar-refractivity contribution in [1.29, 1.82) is 0 Å². The largest absolute Gasteiger partial charge is 0.436 e.